The molecule has 0 fully saturated rings. The standard InChI is InChI=1S/C14H30OSi/c1-3-5-7-8-9-10-11-13-15-16-14-12-6-4-2/h3-14H2,1-2H3. The highest BCUT2D eigenvalue weighted by Gasteiger charge is 1.93. The third kappa shape index (κ3) is 14.2. The lowest BCUT2D eigenvalue weighted by molar-refractivity contribution is 0.319. The summed E-state index contributed by atoms with van der Waals surface area (Å²) in [6.07, 6.45) is 13.7. The van der Waals surface area contributed by atoms with E-state index in [1.165, 1.54) is 70.3 Å². The van der Waals surface area contributed by atoms with E-state index >= 15 is 0 Å². The minimum atomic E-state index is 0.754. The quantitative estimate of drug-likeness (QED) is 0.327. The van der Waals surface area contributed by atoms with E-state index < -0.39 is 0 Å². The van der Waals surface area contributed by atoms with Crippen molar-refractivity contribution in [2.45, 2.75) is 84.1 Å². The number of unbranched alkanes of at least 4 members (excludes halogenated alkanes) is 8. The third-order valence-corrected chi connectivity index (χ3v) is 3.80. The van der Waals surface area contributed by atoms with Crippen molar-refractivity contribution in [3.8, 4) is 0 Å². The van der Waals surface area contributed by atoms with Crippen molar-refractivity contribution in [3.63, 3.8) is 0 Å². The summed E-state index contributed by atoms with van der Waals surface area (Å²) in [5, 5.41) is 0. The van der Waals surface area contributed by atoms with Gasteiger partial charge in [-0.3, -0.25) is 0 Å². The van der Waals surface area contributed by atoms with E-state index in [4.69, 9.17) is 4.43 Å². The highest BCUT2D eigenvalue weighted by atomic mass is 28.2. The molecule has 0 aliphatic carbocycles. The maximum absolute atomic E-state index is 5.64. The average molecular weight is 242 g/mol. The summed E-state index contributed by atoms with van der Waals surface area (Å²) in [5.41, 5.74) is 0. The van der Waals surface area contributed by atoms with E-state index in [0.717, 1.165) is 16.4 Å². The van der Waals surface area contributed by atoms with Crippen molar-refractivity contribution in [3.05, 3.63) is 0 Å². The van der Waals surface area contributed by atoms with Crippen molar-refractivity contribution in [2.75, 3.05) is 6.61 Å². The molecule has 2 radical (unpaired) electrons. The minimum Gasteiger partial charge on any atom is -0.417 e. The van der Waals surface area contributed by atoms with Gasteiger partial charge >= 0.3 is 0 Å². The number of hydrogen-bond donors (Lipinski definition) is 0. The molecular weight excluding hydrogens is 212 g/mol. The minimum absolute atomic E-state index is 0.754. The molecule has 0 aromatic rings. The normalized spacial score (nSPS) is 10.9. The molecule has 16 heavy (non-hydrogen) atoms. The van der Waals surface area contributed by atoms with Gasteiger partial charge in [-0.05, 0) is 12.5 Å². The van der Waals surface area contributed by atoms with Crippen LogP contribution in [-0.2, 0) is 4.43 Å². The predicted molar refractivity (Wildman–Crippen MR) is 74.0 cm³/mol. The van der Waals surface area contributed by atoms with Crippen LogP contribution < -0.4 is 0 Å². The second-order valence-corrected chi connectivity index (χ2v) is 5.65. The number of rotatable bonds is 13. The summed E-state index contributed by atoms with van der Waals surface area (Å²) in [6, 6.07) is 1.28. The van der Waals surface area contributed by atoms with Gasteiger partial charge in [-0.25, -0.2) is 0 Å². The molecule has 1 nitrogen and oxygen atoms in total. The topological polar surface area (TPSA) is 9.23 Å². The van der Waals surface area contributed by atoms with Gasteiger partial charge in [0, 0.05) is 6.61 Å². The van der Waals surface area contributed by atoms with Crippen LogP contribution >= 0.6 is 0 Å². The predicted octanol–water partition coefficient (Wildman–Crippen LogP) is 4.98. The maximum Gasteiger partial charge on any atom is 0.229 e. The van der Waals surface area contributed by atoms with Gasteiger partial charge in [-0.15, -0.1) is 0 Å². The van der Waals surface area contributed by atoms with E-state index in [-0.39, 0.29) is 0 Å². The SMILES string of the molecule is CCCCCCCCCO[Si]CCCCC. The van der Waals surface area contributed by atoms with Gasteiger partial charge in [0.1, 0.15) is 0 Å². The van der Waals surface area contributed by atoms with Crippen LogP contribution in [0.2, 0.25) is 6.04 Å². The Labute approximate surface area is 105 Å². The first-order chi connectivity index (χ1) is 7.91. The summed E-state index contributed by atoms with van der Waals surface area (Å²) >= 11 is 0. The van der Waals surface area contributed by atoms with Crippen molar-refractivity contribution < 1.29 is 4.43 Å². The van der Waals surface area contributed by atoms with E-state index in [2.05, 4.69) is 13.8 Å². The number of hydrogen-bond acceptors (Lipinski definition) is 1. The molecule has 0 rings (SSSR count). The molecule has 0 atom stereocenters. The van der Waals surface area contributed by atoms with Gasteiger partial charge in [0.05, 0.1) is 0 Å². The van der Waals surface area contributed by atoms with Gasteiger partial charge in [-0.1, -0.05) is 71.6 Å². The largest absolute Gasteiger partial charge is 0.417 e. The summed E-state index contributed by atoms with van der Waals surface area (Å²) in [5.74, 6) is 0. The van der Waals surface area contributed by atoms with Crippen LogP contribution in [0.25, 0.3) is 0 Å². The molecule has 0 saturated heterocycles. The zero-order valence-electron chi connectivity index (χ0n) is 11.4. The van der Waals surface area contributed by atoms with E-state index in [9.17, 15) is 0 Å². The first-order valence-electron chi connectivity index (χ1n) is 7.26. The second kappa shape index (κ2) is 15.2. The molecule has 0 N–H and O–H groups in total. The molecule has 0 aliphatic heterocycles. The Morgan fingerprint density at radius 1 is 0.688 bits per heavy atom. The fourth-order valence-electron chi connectivity index (χ4n) is 1.72. The highest BCUT2D eigenvalue weighted by Crippen LogP contribution is 2.07. The van der Waals surface area contributed by atoms with Gasteiger partial charge in [0.25, 0.3) is 0 Å². The Bertz CT molecular complexity index is 103. The summed E-state index contributed by atoms with van der Waals surface area (Å²) in [7, 11) is 0.754. The smallest absolute Gasteiger partial charge is 0.229 e. The van der Waals surface area contributed by atoms with Gasteiger partial charge < -0.3 is 4.43 Å². The van der Waals surface area contributed by atoms with Crippen LogP contribution in [0.4, 0.5) is 0 Å². The monoisotopic (exact) mass is 242 g/mol. The Morgan fingerprint density at radius 2 is 1.25 bits per heavy atom. The zero-order valence-corrected chi connectivity index (χ0v) is 12.4. The van der Waals surface area contributed by atoms with Crippen molar-refractivity contribution >= 4 is 9.76 Å². The molecule has 0 spiro atoms. The van der Waals surface area contributed by atoms with Gasteiger partial charge in [0.2, 0.25) is 9.76 Å². The lowest BCUT2D eigenvalue weighted by Gasteiger charge is -2.03. The molecular formula is C14H30OSi. The summed E-state index contributed by atoms with van der Waals surface area (Å²) in [4.78, 5) is 0. The molecule has 0 unspecified atom stereocenters. The fraction of sp³-hybridized carbons (Fsp3) is 1.00. The molecule has 0 heterocycles. The van der Waals surface area contributed by atoms with Crippen molar-refractivity contribution in [2.24, 2.45) is 0 Å². The Balaban J connectivity index is 2.83. The molecule has 2 heteroatoms. The lowest BCUT2D eigenvalue weighted by Crippen LogP contribution is -2.00. The van der Waals surface area contributed by atoms with Crippen molar-refractivity contribution in [1.29, 1.82) is 0 Å². The van der Waals surface area contributed by atoms with Crippen LogP contribution in [0.3, 0.4) is 0 Å². The molecule has 0 saturated carbocycles. The molecule has 0 aromatic carbocycles. The van der Waals surface area contributed by atoms with Crippen LogP contribution in [0.1, 0.15) is 78.1 Å². The van der Waals surface area contributed by atoms with Crippen LogP contribution in [0, 0.1) is 0 Å². The summed E-state index contributed by atoms with van der Waals surface area (Å²) in [6.45, 7) is 5.52. The van der Waals surface area contributed by atoms with Crippen LogP contribution in [0.15, 0.2) is 0 Å². The first-order valence-corrected chi connectivity index (χ1v) is 8.38. The van der Waals surface area contributed by atoms with Crippen LogP contribution in [0.5, 0.6) is 0 Å². The van der Waals surface area contributed by atoms with Crippen LogP contribution in [-0.4, -0.2) is 16.4 Å². The first kappa shape index (κ1) is 16.2. The lowest BCUT2D eigenvalue weighted by atomic mass is 10.1. The Morgan fingerprint density at radius 3 is 1.94 bits per heavy atom. The molecule has 0 aromatic heterocycles. The van der Waals surface area contributed by atoms with E-state index in [1.54, 1.807) is 0 Å². The fourth-order valence-corrected chi connectivity index (χ4v) is 2.55. The molecule has 0 aliphatic rings. The van der Waals surface area contributed by atoms with Gasteiger partial charge in [0.15, 0.2) is 0 Å². The molecule has 0 bridgehead atoms. The second-order valence-electron chi connectivity index (χ2n) is 4.57. The molecule has 96 valence electrons. The summed E-state index contributed by atoms with van der Waals surface area (Å²) < 4.78 is 5.64. The molecule has 0 amide bonds. The van der Waals surface area contributed by atoms with Crippen molar-refractivity contribution in [1.82, 2.24) is 0 Å². The van der Waals surface area contributed by atoms with E-state index in [1.807, 2.05) is 0 Å². The van der Waals surface area contributed by atoms with Gasteiger partial charge in [-0.2, -0.15) is 0 Å². The highest BCUT2D eigenvalue weighted by molar-refractivity contribution is 6.26. The third-order valence-electron chi connectivity index (χ3n) is 2.83. The zero-order chi connectivity index (χ0) is 11.9. The average Bonchev–Trinajstić information content (AvgIpc) is 2.31. The Kier molecular flexibility index (Phi) is 15.3. The maximum atomic E-state index is 5.64. The Hall–Kier alpha value is 0.177. The van der Waals surface area contributed by atoms with E-state index in [0.29, 0.717) is 0 Å².